The largest absolute Gasteiger partial charge is 0.320 e. The number of halogens is 1. The number of hydrogen-bond acceptors (Lipinski definition) is 4. The second kappa shape index (κ2) is 7.11. The first-order valence-electron chi connectivity index (χ1n) is 7.35. The van der Waals surface area contributed by atoms with Gasteiger partial charge < -0.3 is 5.32 Å². The molecule has 3 rings (SSSR count). The molecule has 1 amide bonds. The number of benzene rings is 2. The SMILES string of the molecule is Cc1ccc(NC(=O)c2ccc(S(=O)(=O)c3ccccc3)s2)c(Br)c1. The fourth-order valence-corrected chi connectivity index (χ4v) is 5.42. The number of carbonyl (C=O) groups is 1. The molecule has 128 valence electrons. The average molecular weight is 436 g/mol. The van der Waals surface area contributed by atoms with Crippen LogP contribution >= 0.6 is 27.3 Å². The normalized spacial score (nSPS) is 11.3. The molecular formula is C18H14BrNO3S2. The number of nitrogens with one attached hydrogen (secondary N) is 1. The van der Waals surface area contributed by atoms with E-state index in [2.05, 4.69) is 21.2 Å². The molecule has 4 nitrogen and oxygen atoms in total. The molecule has 1 N–H and O–H groups in total. The maximum absolute atomic E-state index is 12.6. The fraction of sp³-hybridized carbons (Fsp3) is 0.0556. The van der Waals surface area contributed by atoms with Gasteiger partial charge in [-0.3, -0.25) is 4.79 Å². The summed E-state index contributed by atoms with van der Waals surface area (Å²) in [5, 5.41) is 2.79. The van der Waals surface area contributed by atoms with Crippen LogP contribution in [0.3, 0.4) is 0 Å². The van der Waals surface area contributed by atoms with Gasteiger partial charge in [-0.1, -0.05) is 24.3 Å². The number of anilines is 1. The summed E-state index contributed by atoms with van der Waals surface area (Å²) in [4.78, 5) is 13.0. The highest BCUT2D eigenvalue weighted by molar-refractivity contribution is 9.10. The van der Waals surface area contributed by atoms with Crippen molar-refractivity contribution in [3.8, 4) is 0 Å². The van der Waals surface area contributed by atoms with Crippen molar-refractivity contribution in [1.82, 2.24) is 0 Å². The number of thiophene rings is 1. The molecule has 1 aromatic heterocycles. The van der Waals surface area contributed by atoms with Crippen LogP contribution in [-0.4, -0.2) is 14.3 Å². The fourth-order valence-electron chi connectivity index (χ4n) is 2.21. The maximum atomic E-state index is 12.6. The molecule has 7 heteroatoms. The lowest BCUT2D eigenvalue weighted by molar-refractivity contribution is 0.103. The monoisotopic (exact) mass is 435 g/mol. The van der Waals surface area contributed by atoms with Gasteiger partial charge in [-0.25, -0.2) is 8.42 Å². The number of amides is 1. The number of hydrogen-bond donors (Lipinski definition) is 1. The Kier molecular flexibility index (Phi) is 5.08. The minimum absolute atomic E-state index is 0.145. The lowest BCUT2D eigenvalue weighted by atomic mass is 10.2. The summed E-state index contributed by atoms with van der Waals surface area (Å²) >= 11 is 4.36. The summed E-state index contributed by atoms with van der Waals surface area (Å²) in [6, 6.07) is 16.8. The standard InChI is InChI=1S/C18H14BrNO3S2/c1-12-7-8-15(14(19)11-12)20-18(21)16-9-10-17(24-16)25(22,23)13-5-3-2-4-6-13/h2-11H,1H3,(H,20,21). The first-order chi connectivity index (χ1) is 11.9. The van der Waals surface area contributed by atoms with Crippen LogP contribution in [0.4, 0.5) is 5.69 Å². The molecule has 0 radical (unpaired) electrons. The van der Waals surface area contributed by atoms with Crippen molar-refractivity contribution in [2.45, 2.75) is 16.0 Å². The van der Waals surface area contributed by atoms with E-state index >= 15 is 0 Å². The molecule has 0 saturated heterocycles. The second-order valence-corrected chi connectivity index (χ2v) is 9.49. The second-order valence-electron chi connectivity index (χ2n) is 5.37. The van der Waals surface area contributed by atoms with Crippen molar-refractivity contribution < 1.29 is 13.2 Å². The first-order valence-corrected chi connectivity index (χ1v) is 10.4. The van der Waals surface area contributed by atoms with Crippen LogP contribution < -0.4 is 5.32 Å². The van der Waals surface area contributed by atoms with Gasteiger partial charge in [0.05, 0.1) is 15.5 Å². The van der Waals surface area contributed by atoms with E-state index < -0.39 is 9.84 Å². The third kappa shape index (κ3) is 3.84. The minimum atomic E-state index is -3.61. The van der Waals surface area contributed by atoms with Gasteiger partial charge in [0, 0.05) is 4.47 Å². The minimum Gasteiger partial charge on any atom is -0.320 e. The molecule has 0 spiro atoms. The predicted octanol–water partition coefficient (Wildman–Crippen LogP) is 4.90. The molecule has 0 bridgehead atoms. The van der Waals surface area contributed by atoms with Crippen molar-refractivity contribution in [1.29, 1.82) is 0 Å². The van der Waals surface area contributed by atoms with Crippen LogP contribution in [0.25, 0.3) is 0 Å². The molecule has 2 aromatic carbocycles. The highest BCUT2D eigenvalue weighted by atomic mass is 79.9. The van der Waals surface area contributed by atoms with Crippen LogP contribution in [-0.2, 0) is 9.84 Å². The van der Waals surface area contributed by atoms with E-state index in [4.69, 9.17) is 0 Å². The summed E-state index contributed by atoms with van der Waals surface area (Å²) in [6.45, 7) is 1.95. The summed E-state index contributed by atoms with van der Waals surface area (Å²) in [7, 11) is -3.61. The Morgan fingerprint density at radius 3 is 2.44 bits per heavy atom. The van der Waals surface area contributed by atoms with Gasteiger partial charge >= 0.3 is 0 Å². The van der Waals surface area contributed by atoms with Crippen LogP contribution in [0.2, 0.25) is 0 Å². The van der Waals surface area contributed by atoms with E-state index in [0.717, 1.165) is 21.4 Å². The zero-order chi connectivity index (χ0) is 18.0. The number of carbonyl (C=O) groups excluding carboxylic acids is 1. The predicted molar refractivity (Wildman–Crippen MR) is 103 cm³/mol. The van der Waals surface area contributed by atoms with E-state index in [1.54, 1.807) is 24.3 Å². The number of rotatable bonds is 4. The molecular weight excluding hydrogens is 422 g/mol. The summed E-state index contributed by atoms with van der Waals surface area (Å²) in [6.07, 6.45) is 0. The quantitative estimate of drug-likeness (QED) is 0.633. The molecule has 0 aliphatic heterocycles. The summed E-state index contributed by atoms with van der Waals surface area (Å²) < 4.78 is 26.1. The van der Waals surface area contributed by atoms with E-state index in [9.17, 15) is 13.2 Å². The number of aryl methyl sites for hydroxylation is 1. The molecule has 3 aromatic rings. The van der Waals surface area contributed by atoms with Crippen molar-refractivity contribution >= 4 is 48.7 Å². The molecule has 1 heterocycles. The van der Waals surface area contributed by atoms with Crippen LogP contribution in [0, 0.1) is 6.92 Å². The molecule has 0 aliphatic rings. The van der Waals surface area contributed by atoms with Crippen molar-refractivity contribution in [2.75, 3.05) is 5.32 Å². The Morgan fingerprint density at radius 1 is 1.04 bits per heavy atom. The summed E-state index contributed by atoms with van der Waals surface area (Å²) in [5.41, 5.74) is 1.70. The third-order valence-electron chi connectivity index (χ3n) is 3.50. The van der Waals surface area contributed by atoms with Crippen molar-refractivity contribution in [2.24, 2.45) is 0 Å². The summed E-state index contributed by atoms with van der Waals surface area (Å²) in [5.74, 6) is -0.343. The van der Waals surface area contributed by atoms with E-state index in [1.165, 1.54) is 24.3 Å². The number of sulfone groups is 1. The van der Waals surface area contributed by atoms with Gasteiger partial charge in [-0.2, -0.15) is 0 Å². The van der Waals surface area contributed by atoms with Gasteiger partial charge in [-0.05, 0) is 64.8 Å². The Labute approximate surface area is 158 Å². The molecule has 0 fully saturated rings. The molecule has 0 aliphatic carbocycles. The lowest BCUT2D eigenvalue weighted by Crippen LogP contribution is -2.10. The Hall–Kier alpha value is -1.96. The average Bonchev–Trinajstić information content (AvgIpc) is 3.09. The molecule has 0 atom stereocenters. The van der Waals surface area contributed by atoms with Gasteiger partial charge in [0.1, 0.15) is 4.21 Å². The van der Waals surface area contributed by atoms with Gasteiger partial charge in [-0.15, -0.1) is 11.3 Å². The van der Waals surface area contributed by atoms with E-state index in [-0.39, 0.29) is 15.0 Å². The third-order valence-corrected chi connectivity index (χ3v) is 7.50. The Bertz CT molecular complexity index is 1030. The van der Waals surface area contributed by atoms with Gasteiger partial charge in [0.25, 0.3) is 5.91 Å². The van der Waals surface area contributed by atoms with Gasteiger partial charge in [0.2, 0.25) is 9.84 Å². The molecule has 25 heavy (non-hydrogen) atoms. The van der Waals surface area contributed by atoms with Crippen LogP contribution in [0.15, 0.2) is 74.2 Å². The zero-order valence-corrected chi connectivity index (χ0v) is 16.4. The Morgan fingerprint density at radius 2 is 1.76 bits per heavy atom. The van der Waals surface area contributed by atoms with Crippen LogP contribution in [0.1, 0.15) is 15.2 Å². The van der Waals surface area contributed by atoms with Crippen LogP contribution in [0.5, 0.6) is 0 Å². The lowest BCUT2D eigenvalue weighted by Gasteiger charge is -2.07. The molecule has 0 saturated carbocycles. The maximum Gasteiger partial charge on any atom is 0.265 e. The van der Waals surface area contributed by atoms with Crippen molar-refractivity contribution in [3.63, 3.8) is 0 Å². The first kappa shape index (κ1) is 17.8. The topological polar surface area (TPSA) is 63.2 Å². The zero-order valence-electron chi connectivity index (χ0n) is 13.2. The van der Waals surface area contributed by atoms with Gasteiger partial charge in [0.15, 0.2) is 0 Å². The Balaban J connectivity index is 1.85. The van der Waals surface area contributed by atoms with E-state index in [0.29, 0.717) is 10.6 Å². The smallest absolute Gasteiger partial charge is 0.265 e. The molecule has 0 unspecified atom stereocenters. The highest BCUT2D eigenvalue weighted by Crippen LogP contribution is 2.29. The highest BCUT2D eigenvalue weighted by Gasteiger charge is 2.21. The van der Waals surface area contributed by atoms with E-state index in [1.807, 2.05) is 19.1 Å². The van der Waals surface area contributed by atoms with Crippen molar-refractivity contribution in [3.05, 3.63) is 75.6 Å².